The number of aryl methyl sites for hydroxylation is 2. The zero-order valence-electron chi connectivity index (χ0n) is 17.3. The summed E-state index contributed by atoms with van der Waals surface area (Å²) in [6.07, 6.45) is 1.42. The molecule has 0 saturated carbocycles. The molecule has 4 aromatic heterocycles. The summed E-state index contributed by atoms with van der Waals surface area (Å²) >= 11 is 1.61. The molecule has 31 heavy (non-hydrogen) atoms. The second kappa shape index (κ2) is 6.72. The molecule has 0 saturated heterocycles. The number of nitrogens with zero attached hydrogens (tertiary/aromatic N) is 5. The summed E-state index contributed by atoms with van der Waals surface area (Å²) in [7, 11) is 0. The second-order valence-electron chi connectivity index (χ2n) is 7.76. The van der Waals surface area contributed by atoms with E-state index >= 15 is 0 Å². The first-order valence-corrected chi connectivity index (χ1v) is 11.0. The molecule has 0 aliphatic carbocycles. The first-order chi connectivity index (χ1) is 15.1. The van der Waals surface area contributed by atoms with E-state index < -0.39 is 0 Å². The second-order valence-corrected chi connectivity index (χ2v) is 8.76. The van der Waals surface area contributed by atoms with Gasteiger partial charge in [0.15, 0.2) is 17.6 Å². The van der Waals surface area contributed by atoms with E-state index in [4.69, 9.17) is 14.7 Å². The number of rotatable bonds is 3. The number of ether oxygens (including phenoxy) is 1. The predicted molar refractivity (Wildman–Crippen MR) is 124 cm³/mol. The summed E-state index contributed by atoms with van der Waals surface area (Å²) in [4.78, 5) is 15.2. The summed E-state index contributed by atoms with van der Waals surface area (Å²) < 4.78 is 9.01. The third-order valence-electron chi connectivity index (χ3n) is 5.53. The molecule has 6 aromatic rings. The number of hydrogen-bond donors (Lipinski definition) is 0. The van der Waals surface area contributed by atoms with Gasteiger partial charge in [-0.05, 0) is 43.9 Å². The van der Waals surface area contributed by atoms with Gasteiger partial charge < -0.3 is 4.74 Å². The van der Waals surface area contributed by atoms with Crippen LogP contribution in [0.25, 0.3) is 36.9 Å². The van der Waals surface area contributed by atoms with Crippen LogP contribution in [-0.4, -0.2) is 24.6 Å². The lowest BCUT2D eigenvalue weighted by atomic mass is 10.1. The van der Waals surface area contributed by atoms with E-state index in [1.807, 2.05) is 38.1 Å². The average molecular weight is 426 g/mol. The third-order valence-corrected chi connectivity index (χ3v) is 6.59. The van der Waals surface area contributed by atoms with E-state index in [2.05, 4.69) is 41.3 Å². The van der Waals surface area contributed by atoms with Gasteiger partial charge in [0.1, 0.15) is 21.6 Å². The zero-order valence-corrected chi connectivity index (χ0v) is 18.1. The van der Waals surface area contributed by atoms with E-state index in [-0.39, 0.29) is 6.10 Å². The van der Waals surface area contributed by atoms with E-state index in [0.717, 1.165) is 48.3 Å². The van der Waals surface area contributed by atoms with Crippen LogP contribution in [0.4, 0.5) is 0 Å². The maximum atomic E-state index is 6.28. The standard InChI is InChI=1S/C24H19N5OS/c1-13-11-14(2)26-24-19(13)20-21(31-24)23-27-22(28-29(23)12-25-20)15(3)30-18-10-6-8-16-7-4-5-9-17(16)18/h4-12,15H,1-3H3/t15-/m1/s1. The lowest BCUT2D eigenvalue weighted by molar-refractivity contribution is 0.219. The lowest BCUT2D eigenvalue weighted by Gasteiger charge is -2.13. The van der Waals surface area contributed by atoms with Gasteiger partial charge in [-0.3, -0.25) is 0 Å². The van der Waals surface area contributed by atoms with Crippen molar-refractivity contribution in [3.8, 4) is 5.75 Å². The number of fused-ring (bicyclic) bond motifs is 6. The van der Waals surface area contributed by atoms with Crippen LogP contribution in [0.3, 0.4) is 0 Å². The number of benzene rings is 2. The molecule has 2 aromatic carbocycles. The van der Waals surface area contributed by atoms with Crippen LogP contribution >= 0.6 is 11.3 Å². The average Bonchev–Trinajstić information content (AvgIpc) is 3.35. The third kappa shape index (κ3) is 2.84. The summed E-state index contributed by atoms with van der Waals surface area (Å²) in [5.41, 5.74) is 3.90. The fraction of sp³-hybridized carbons (Fsp3) is 0.167. The first kappa shape index (κ1) is 18.2. The van der Waals surface area contributed by atoms with Crippen molar-refractivity contribution in [2.45, 2.75) is 26.9 Å². The molecule has 152 valence electrons. The van der Waals surface area contributed by atoms with Crippen molar-refractivity contribution in [3.63, 3.8) is 0 Å². The van der Waals surface area contributed by atoms with Crippen molar-refractivity contribution < 1.29 is 4.74 Å². The van der Waals surface area contributed by atoms with Gasteiger partial charge in [-0.15, -0.1) is 16.4 Å². The van der Waals surface area contributed by atoms with Gasteiger partial charge in [0.05, 0.1) is 5.52 Å². The van der Waals surface area contributed by atoms with Crippen LogP contribution in [0.5, 0.6) is 5.75 Å². The van der Waals surface area contributed by atoms with Crippen molar-refractivity contribution in [3.05, 3.63) is 71.9 Å². The molecule has 0 radical (unpaired) electrons. The van der Waals surface area contributed by atoms with Gasteiger partial charge in [0.25, 0.3) is 0 Å². The number of thiophene rings is 1. The van der Waals surface area contributed by atoms with Gasteiger partial charge in [-0.2, -0.15) is 0 Å². The van der Waals surface area contributed by atoms with Crippen molar-refractivity contribution in [2.24, 2.45) is 0 Å². The smallest absolute Gasteiger partial charge is 0.192 e. The van der Waals surface area contributed by atoms with E-state index in [9.17, 15) is 0 Å². The molecule has 0 N–H and O–H groups in total. The van der Waals surface area contributed by atoms with Crippen LogP contribution in [0, 0.1) is 13.8 Å². The van der Waals surface area contributed by atoms with Gasteiger partial charge in [0, 0.05) is 16.5 Å². The monoisotopic (exact) mass is 425 g/mol. The Kier molecular flexibility index (Phi) is 3.94. The maximum Gasteiger partial charge on any atom is 0.192 e. The topological polar surface area (TPSA) is 65.2 Å². The Bertz CT molecular complexity index is 1610. The normalized spacial score (nSPS) is 12.9. The largest absolute Gasteiger partial charge is 0.482 e. The minimum absolute atomic E-state index is 0.308. The molecule has 6 nitrogen and oxygen atoms in total. The molecular formula is C24H19N5OS. The molecule has 0 spiro atoms. The molecule has 0 fully saturated rings. The van der Waals surface area contributed by atoms with Crippen molar-refractivity contribution >= 4 is 48.2 Å². The first-order valence-electron chi connectivity index (χ1n) is 10.1. The van der Waals surface area contributed by atoms with Crippen LogP contribution in [-0.2, 0) is 0 Å². The highest BCUT2D eigenvalue weighted by molar-refractivity contribution is 7.26. The molecule has 4 heterocycles. The van der Waals surface area contributed by atoms with E-state index in [0.29, 0.717) is 5.82 Å². The zero-order chi connectivity index (χ0) is 21.1. The molecule has 1 atom stereocenters. The highest BCUT2D eigenvalue weighted by Crippen LogP contribution is 2.36. The fourth-order valence-corrected chi connectivity index (χ4v) is 5.32. The van der Waals surface area contributed by atoms with Gasteiger partial charge >= 0.3 is 0 Å². The molecule has 0 aliphatic rings. The van der Waals surface area contributed by atoms with E-state index in [1.165, 1.54) is 5.56 Å². The minimum atomic E-state index is -0.308. The molecular weight excluding hydrogens is 406 g/mol. The predicted octanol–water partition coefficient (Wildman–Crippen LogP) is 5.80. The Morgan fingerprint density at radius 1 is 1.03 bits per heavy atom. The minimum Gasteiger partial charge on any atom is -0.482 e. The number of hydrogen-bond acceptors (Lipinski definition) is 6. The highest BCUT2D eigenvalue weighted by Gasteiger charge is 2.19. The summed E-state index contributed by atoms with van der Waals surface area (Å²) in [6, 6.07) is 16.4. The Labute approximate surface area is 182 Å². The molecule has 0 unspecified atom stereocenters. The Morgan fingerprint density at radius 3 is 2.77 bits per heavy atom. The quantitative estimate of drug-likeness (QED) is 0.359. The SMILES string of the molecule is Cc1cc(C)c2c(n1)sc1c2ncn2nc([C@@H](C)Oc3cccc4ccccc34)nc12. The Morgan fingerprint density at radius 2 is 1.87 bits per heavy atom. The fourth-order valence-electron chi connectivity index (χ4n) is 4.10. The molecule has 0 bridgehead atoms. The van der Waals surface area contributed by atoms with Crippen molar-refractivity contribution in [2.75, 3.05) is 0 Å². The molecule has 7 heteroatoms. The summed E-state index contributed by atoms with van der Waals surface area (Å²) in [6.45, 7) is 6.09. The number of pyridine rings is 1. The molecule has 0 aliphatic heterocycles. The van der Waals surface area contributed by atoms with Crippen LogP contribution in [0.2, 0.25) is 0 Å². The van der Waals surface area contributed by atoms with E-state index in [1.54, 1.807) is 22.2 Å². The lowest BCUT2D eigenvalue weighted by Crippen LogP contribution is -2.05. The van der Waals surface area contributed by atoms with Crippen LogP contribution in [0.1, 0.15) is 30.1 Å². The van der Waals surface area contributed by atoms with Crippen molar-refractivity contribution in [1.82, 2.24) is 24.6 Å². The summed E-state index contributed by atoms with van der Waals surface area (Å²) in [5, 5.41) is 7.97. The highest BCUT2D eigenvalue weighted by atomic mass is 32.1. The number of aromatic nitrogens is 5. The molecule has 6 rings (SSSR count). The molecule has 0 amide bonds. The van der Waals surface area contributed by atoms with Gasteiger partial charge in [0.2, 0.25) is 0 Å². The van der Waals surface area contributed by atoms with Crippen molar-refractivity contribution in [1.29, 1.82) is 0 Å². The van der Waals surface area contributed by atoms with Crippen LogP contribution in [0.15, 0.2) is 54.9 Å². The van der Waals surface area contributed by atoms with Crippen LogP contribution < -0.4 is 4.74 Å². The Hall–Kier alpha value is -3.58. The van der Waals surface area contributed by atoms with Gasteiger partial charge in [-0.25, -0.2) is 19.5 Å². The Balaban J connectivity index is 1.46. The van der Waals surface area contributed by atoms with Gasteiger partial charge in [-0.1, -0.05) is 36.4 Å². The summed E-state index contributed by atoms with van der Waals surface area (Å²) in [5.74, 6) is 1.45. The maximum absolute atomic E-state index is 6.28.